The van der Waals surface area contributed by atoms with Crippen molar-refractivity contribution in [1.82, 2.24) is 5.32 Å². The first-order valence-electron chi connectivity index (χ1n) is 4.07. The summed E-state index contributed by atoms with van der Waals surface area (Å²) >= 11 is 0. The van der Waals surface area contributed by atoms with Crippen LogP contribution < -0.4 is 5.32 Å². The molecule has 0 bridgehead atoms. The summed E-state index contributed by atoms with van der Waals surface area (Å²) in [7, 11) is 1.31. The Bertz CT molecular complexity index is 207. The quantitative estimate of drug-likeness (QED) is 0.680. The van der Waals surface area contributed by atoms with Crippen molar-refractivity contribution in [2.24, 2.45) is 0 Å². The highest BCUT2D eigenvalue weighted by Crippen LogP contribution is 2.12. The predicted octanol–water partition coefficient (Wildman–Crippen LogP) is 0.155. The molecule has 84 valence electrons. The monoisotopic (exact) mass is 211 g/mol. The molecule has 2 N–H and O–H groups in total. The van der Waals surface area contributed by atoms with Crippen molar-refractivity contribution >= 4 is 5.91 Å². The van der Waals surface area contributed by atoms with Crippen LogP contribution in [0.25, 0.3) is 0 Å². The van der Waals surface area contributed by atoms with Crippen molar-refractivity contribution in [3.8, 4) is 0 Å². The second-order valence-electron chi connectivity index (χ2n) is 3.41. The Hall–Kier alpha value is -0.750. The normalized spacial score (nSPS) is 12.7. The molecule has 0 aromatic heterocycles. The van der Waals surface area contributed by atoms with Crippen LogP contribution in [0.1, 0.15) is 13.8 Å². The van der Waals surface area contributed by atoms with Gasteiger partial charge >= 0.3 is 0 Å². The van der Waals surface area contributed by atoms with E-state index in [0.29, 0.717) is 0 Å². The summed E-state index contributed by atoms with van der Waals surface area (Å²) in [4.78, 5) is 11.2. The van der Waals surface area contributed by atoms with Gasteiger partial charge in [0.1, 0.15) is 12.2 Å². The van der Waals surface area contributed by atoms with Crippen LogP contribution in [0.4, 0.5) is 8.78 Å². The van der Waals surface area contributed by atoms with Gasteiger partial charge in [-0.15, -0.1) is 0 Å². The van der Waals surface area contributed by atoms with E-state index in [2.05, 4.69) is 0 Å². The van der Waals surface area contributed by atoms with Crippen molar-refractivity contribution in [3.05, 3.63) is 0 Å². The van der Waals surface area contributed by atoms with Gasteiger partial charge in [-0.05, 0) is 13.8 Å². The molecule has 0 saturated heterocycles. The topological polar surface area (TPSA) is 58.6 Å². The molecule has 0 spiro atoms. The minimum Gasteiger partial charge on any atom is -0.390 e. The molecule has 0 saturated carbocycles. The Balaban J connectivity index is 4.10. The van der Waals surface area contributed by atoms with Crippen molar-refractivity contribution in [3.63, 3.8) is 0 Å². The van der Waals surface area contributed by atoms with E-state index in [0.717, 1.165) is 0 Å². The zero-order valence-electron chi connectivity index (χ0n) is 8.43. The van der Waals surface area contributed by atoms with E-state index in [4.69, 9.17) is 9.84 Å². The summed E-state index contributed by atoms with van der Waals surface area (Å²) < 4.78 is 29.8. The number of carbonyl (C=O) groups excluding carboxylic acids is 1. The van der Waals surface area contributed by atoms with E-state index in [1.807, 2.05) is 5.32 Å². The summed E-state index contributed by atoms with van der Waals surface area (Å²) in [5.41, 5.74) is -1.15. The lowest BCUT2D eigenvalue weighted by Gasteiger charge is -2.23. The zero-order valence-corrected chi connectivity index (χ0v) is 8.43. The number of nitrogens with one attached hydrogen (secondary N) is 1. The van der Waals surface area contributed by atoms with Gasteiger partial charge in [-0.2, -0.15) is 0 Å². The first kappa shape index (κ1) is 13.2. The molecule has 1 amide bonds. The second kappa shape index (κ2) is 4.65. The van der Waals surface area contributed by atoms with Gasteiger partial charge in [-0.1, -0.05) is 0 Å². The van der Waals surface area contributed by atoms with Crippen molar-refractivity contribution < 1.29 is 23.4 Å². The fraction of sp³-hybridized carbons (Fsp3) is 0.875. The highest BCUT2D eigenvalue weighted by Gasteiger charge is 2.32. The molecule has 0 heterocycles. The van der Waals surface area contributed by atoms with E-state index in [1.54, 1.807) is 0 Å². The van der Waals surface area contributed by atoms with Crippen LogP contribution in [0.15, 0.2) is 0 Å². The molecule has 0 atom stereocenters. The van der Waals surface area contributed by atoms with Crippen LogP contribution in [0.2, 0.25) is 0 Å². The van der Waals surface area contributed by atoms with Crippen LogP contribution in [0.5, 0.6) is 0 Å². The summed E-state index contributed by atoms with van der Waals surface area (Å²) in [6.07, 6.45) is 0. The molecule has 0 fully saturated rings. The van der Waals surface area contributed by atoms with Gasteiger partial charge in [0.05, 0.1) is 6.54 Å². The largest absolute Gasteiger partial charge is 0.390 e. The third-order valence-electron chi connectivity index (χ3n) is 1.80. The summed E-state index contributed by atoms with van der Waals surface area (Å²) in [6.45, 7) is 0.731. The molecule has 14 heavy (non-hydrogen) atoms. The number of carbonyl (C=O) groups is 1. The van der Waals surface area contributed by atoms with Crippen LogP contribution >= 0.6 is 0 Å². The van der Waals surface area contributed by atoms with Gasteiger partial charge in [-0.3, -0.25) is 4.79 Å². The smallest absolute Gasteiger partial charge is 0.287 e. The maximum atomic E-state index is 12.5. The number of alkyl halides is 2. The Kier molecular flexibility index (Phi) is 4.41. The summed E-state index contributed by atoms with van der Waals surface area (Å²) in [6, 6.07) is 0. The molecular formula is C8H15F2NO3. The first-order chi connectivity index (χ1) is 6.25. The number of aliphatic hydroxyl groups excluding tert-OH is 1. The maximum absolute atomic E-state index is 12.5. The van der Waals surface area contributed by atoms with Gasteiger partial charge < -0.3 is 15.2 Å². The van der Waals surface area contributed by atoms with Gasteiger partial charge in [0.25, 0.3) is 11.8 Å². The number of halogens is 2. The molecule has 0 aliphatic heterocycles. The average molecular weight is 211 g/mol. The molecule has 0 unspecified atom stereocenters. The molecule has 0 aromatic rings. The molecule has 0 aromatic carbocycles. The Morgan fingerprint density at radius 2 is 2.00 bits per heavy atom. The van der Waals surface area contributed by atoms with Crippen LogP contribution in [-0.4, -0.2) is 42.8 Å². The fourth-order valence-electron chi connectivity index (χ4n) is 0.571. The Morgan fingerprint density at radius 3 is 2.36 bits per heavy atom. The minimum absolute atomic E-state index is 0.645. The Labute approximate surface area is 81.2 Å². The molecular weight excluding hydrogens is 196 g/mol. The number of rotatable bonds is 5. The van der Waals surface area contributed by atoms with E-state index in [-0.39, 0.29) is 0 Å². The number of ether oxygens (including phenoxy) is 1. The lowest BCUT2D eigenvalue weighted by Crippen LogP contribution is -2.48. The van der Waals surface area contributed by atoms with Crippen molar-refractivity contribution in [1.29, 1.82) is 0 Å². The van der Waals surface area contributed by atoms with Crippen LogP contribution in [0, 0.1) is 0 Å². The summed E-state index contributed by atoms with van der Waals surface area (Å²) in [5, 5.41) is 10.2. The minimum atomic E-state index is -3.29. The average Bonchev–Trinajstić information content (AvgIpc) is 2.14. The van der Waals surface area contributed by atoms with Crippen molar-refractivity contribution in [2.45, 2.75) is 25.4 Å². The number of hydrogen-bond donors (Lipinski definition) is 2. The van der Waals surface area contributed by atoms with Crippen molar-refractivity contribution in [2.75, 3.05) is 20.3 Å². The number of amides is 1. The Morgan fingerprint density at radius 1 is 1.50 bits per heavy atom. The lowest BCUT2D eigenvalue weighted by molar-refractivity contribution is -0.142. The highest BCUT2D eigenvalue weighted by atomic mass is 19.3. The third-order valence-corrected chi connectivity index (χ3v) is 1.80. The first-order valence-corrected chi connectivity index (χ1v) is 4.07. The lowest BCUT2D eigenvalue weighted by atomic mass is 10.1. The molecule has 0 aliphatic rings. The van der Waals surface area contributed by atoms with E-state index < -0.39 is 30.6 Å². The number of aliphatic hydroxyl groups is 1. The number of methoxy groups -OCH3 is 1. The summed E-state index contributed by atoms with van der Waals surface area (Å²) in [5.74, 6) is -3.94. The zero-order chi connectivity index (χ0) is 11.4. The van der Waals surface area contributed by atoms with Crippen LogP contribution in [-0.2, 0) is 9.53 Å². The van der Waals surface area contributed by atoms with E-state index >= 15 is 0 Å². The molecule has 0 aliphatic carbocycles. The van der Waals surface area contributed by atoms with Gasteiger partial charge in [0, 0.05) is 7.11 Å². The van der Waals surface area contributed by atoms with Crippen LogP contribution in [0.3, 0.4) is 0 Å². The molecule has 4 nitrogen and oxygen atoms in total. The number of hydrogen-bond acceptors (Lipinski definition) is 3. The second-order valence-corrected chi connectivity index (χ2v) is 3.41. The SMILES string of the molecule is COC(C)(C)C(=O)NCC(F)(F)CO. The van der Waals surface area contributed by atoms with Gasteiger partial charge in [-0.25, -0.2) is 8.78 Å². The molecule has 0 rings (SSSR count). The third kappa shape index (κ3) is 3.97. The van der Waals surface area contributed by atoms with E-state index in [9.17, 15) is 13.6 Å². The fourth-order valence-corrected chi connectivity index (χ4v) is 0.571. The maximum Gasteiger partial charge on any atom is 0.287 e. The molecule has 6 heteroatoms. The van der Waals surface area contributed by atoms with E-state index in [1.165, 1.54) is 21.0 Å². The van der Waals surface area contributed by atoms with Gasteiger partial charge in [0.15, 0.2) is 0 Å². The predicted molar refractivity (Wildman–Crippen MR) is 46.1 cm³/mol. The van der Waals surface area contributed by atoms with Gasteiger partial charge in [0.2, 0.25) is 0 Å². The molecule has 0 radical (unpaired) electrons. The standard InChI is InChI=1S/C8H15F2NO3/c1-7(2,14-3)6(13)11-4-8(9,10)5-12/h12H,4-5H2,1-3H3,(H,11,13). The highest BCUT2D eigenvalue weighted by molar-refractivity contribution is 5.84.